The molecular formula is C47H52ClF6N17O5. The van der Waals surface area contributed by atoms with Crippen LogP contribution in [0.4, 0.5) is 49.9 Å². The van der Waals surface area contributed by atoms with Crippen molar-refractivity contribution in [2.45, 2.75) is 97.5 Å². The Labute approximate surface area is 435 Å². The molecule has 0 fully saturated rings. The molecule has 0 saturated heterocycles. The van der Waals surface area contributed by atoms with Gasteiger partial charge in [-0.1, -0.05) is 70.9 Å². The van der Waals surface area contributed by atoms with E-state index in [0.29, 0.717) is 23.3 Å². The molecule has 0 aliphatic heterocycles. The standard InChI is InChI=1S/C24H25F3N8O2.C16H16F3N7.C7H10N2O3.ClH/c1-12(10-15(36)21-32-22(34-37-21)24(2,3)4)13-6-7-14(18(25)17(13)19(26)27)20-28-11-29-23(31-20)30-16-8-9-35(5)33-16;1-8(20)9-3-4-10(13(17)12(9)14(18)19)15-21-7-22-16(24-15)23-11-5-6-26(2)25-11;1-7(2,3)6-8-4(5(10)11)12-9-6;/h6-9,11-12,19H,10H2,1-5H3,(H,28,29,30,31,33);3-8,14H,20H2,1-2H3,(H,21,22,23,24,25);1-3H3,(H,10,11);1H/t12-;8-;;/m01../s1. The normalized spacial score (nSPS) is 12.2. The summed E-state index contributed by atoms with van der Waals surface area (Å²) < 4.78 is 97.7. The van der Waals surface area contributed by atoms with Gasteiger partial charge in [0.05, 0.1) is 22.3 Å². The first-order valence-corrected chi connectivity index (χ1v) is 22.5. The van der Waals surface area contributed by atoms with Gasteiger partial charge in [0.1, 0.15) is 24.3 Å². The number of nitrogens with one attached hydrogen (secondary N) is 2. The van der Waals surface area contributed by atoms with Gasteiger partial charge in [0, 0.05) is 61.9 Å². The molecule has 2 aromatic carbocycles. The second-order valence-electron chi connectivity index (χ2n) is 18.7. The number of carboxylic acid groups (broad SMARTS) is 1. The van der Waals surface area contributed by atoms with Crippen LogP contribution in [0, 0.1) is 11.6 Å². The van der Waals surface area contributed by atoms with Crippen LogP contribution in [0.2, 0.25) is 0 Å². The Morgan fingerprint density at radius 1 is 0.658 bits per heavy atom. The van der Waals surface area contributed by atoms with Gasteiger partial charge in [-0.05, 0) is 36.1 Å². The molecule has 0 unspecified atom stereocenters. The highest BCUT2D eigenvalue weighted by atomic mass is 35.5. The highest BCUT2D eigenvalue weighted by molar-refractivity contribution is 5.92. The number of carbonyl (C=O) groups is 2. The van der Waals surface area contributed by atoms with E-state index in [1.165, 1.54) is 31.2 Å². The van der Waals surface area contributed by atoms with E-state index in [1.807, 2.05) is 41.5 Å². The van der Waals surface area contributed by atoms with Crippen LogP contribution in [0.3, 0.4) is 0 Å². The van der Waals surface area contributed by atoms with E-state index in [4.69, 9.17) is 15.4 Å². The van der Waals surface area contributed by atoms with Crippen LogP contribution in [0.1, 0.15) is 142 Å². The summed E-state index contributed by atoms with van der Waals surface area (Å²) in [5.41, 5.74) is 3.04. The van der Waals surface area contributed by atoms with Gasteiger partial charge in [-0.3, -0.25) is 14.2 Å². The minimum atomic E-state index is -3.14. The lowest BCUT2D eigenvalue weighted by atomic mass is 9.89. The number of nitrogens with zero attached hydrogens (tertiary/aromatic N) is 14. The smallest absolute Gasteiger partial charge is 0.394 e. The zero-order valence-electron chi connectivity index (χ0n) is 42.4. The van der Waals surface area contributed by atoms with Crippen LogP contribution in [0.5, 0.6) is 0 Å². The van der Waals surface area contributed by atoms with Crippen LogP contribution in [-0.4, -0.2) is 86.6 Å². The monoisotopic (exact) mass is 1080 g/mol. The maximum Gasteiger partial charge on any atom is 0.394 e. The third-order valence-corrected chi connectivity index (χ3v) is 10.5. The summed E-state index contributed by atoms with van der Waals surface area (Å²) >= 11 is 0. The average Bonchev–Trinajstić information content (AvgIpc) is 4.18. The first-order valence-electron chi connectivity index (χ1n) is 22.5. The maximum atomic E-state index is 15.4. The first kappa shape index (κ1) is 58.6. The van der Waals surface area contributed by atoms with Crippen molar-refractivity contribution in [2.24, 2.45) is 19.8 Å². The van der Waals surface area contributed by atoms with Crippen LogP contribution in [0.25, 0.3) is 22.8 Å². The number of aryl methyl sites for hydroxylation is 2. The largest absolute Gasteiger partial charge is 0.474 e. The number of rotatable bonds is 14. The van der Waals surface area contributed by atoms with E-state index >= 15 is 4.39 Å². The summed E-state index contributed by atoms with van der Waals surface area (Å²) in [5, 5.41) is 29.8. The molecule has 0 aliphatic carbocycles. The van der Waals surface area contributed by atoms with Crippen molar-refractivity contribution < 1.29 is 50.1 Å². The summed E-state index contributed by atoms with van der Waals surface area (Å²) in [7, 11) is 3.47. The van der Waals surface area contributed by atoms with E-state index in [0.717, 1.165) is 12.7 Å². The van der Waals surface area contributed by atoms with Gasteiger partial charge in [0.15, 0.2) is 34.9 Å². The number of aromatic carboxylic acids is 1. The fourth-order valence-electron chi connectivity index (χ4n) is 6.73. The third kappa shape index (κ3) is 14.5. The number of hydrogen-bond donors (Lipinski definition) is 4. The molecule has 8 aromatic rings. The number of anilines is 4. The Morgan fingerprint density at radius 3 is 1.45 bits per heavy atom. The Bertz CT molecular complexity index is 3280. The molecule has 2 atom stereocenters. The van der Waals surface area contributed by atoms with Gasteiger partial charge in [0.25, 0.3) is 18.7 Å². The number of benzene rings is 2. The summed E-state index contributed by atoms with van der Waals surface area (Å²) in [6.07, 6.45) is -0.666. The van der Waals surface area contributed by atoms with Gasteiger partial charge < -0.3 is 30.5 Å². The van der Waals surface area contributed by atoms with E-state index < -0.39 is 64.7 Å². The van der Waals surface area contributed by atoms with Gasteiger partial charge in [0.2, 0.25) is 17.7 Å². The van der Waals surface area contributed by atoms with Crippen molar-refractivity contribution in [2.75, 3.05) is 10.6 Å². The molecular weight excluding hydrogens is 1030 g/mol. The number of hydrogen-bond acceptors (Lipinski definition) is 19. The first-order chi connectivity index (χ1) is 35.2. The van der Waals surface area contributed by atoms with Crippen molar-refractivity contribution in [1.29, 1.82) is 0 Å². The molecule has 76 heavy (non-hydrogen) atoms. The van der Waals surface area contributed by atoms with E-state index in [9.17, 15) is 31.5 Å². The topological polar surface area (TPSA) is 295 Å². The molecule has 0 bridgehead atoms. The Kier molecular flexibility index (Phi) is 18.8. The molecule has 8 rings (SSSR count). The molecule has 0 radical (unpaired) electrons. The molecule has 29 heteroatoms. The number of alkyl halides is 4. The number of nitrogens with two attached hydrogens (primary N) is 1. The Balaban J connectivity index is 0.000000236. The summed E-state index contributed by atoms with van der Waals surface area (Å²) in [6.45, 7) is 14.3. The van der Waals surface area contributed by atoms with E-state index in [2.05, 4.69) is 75.5 Å². The van der Waals surface area contributed by atoms with E-state index in [1.54, 1.807) is 54.9 Å². The fraction of sp³-hybridized carbons (Fsp3) is 0.362. The summed E-state index contributed by atoms with van der Waals surface area (Å²) in [4.78, 5) is 54.8. The number of carboxylic acids is 1. The van der Waals surface area contributed by atoms with E-state index in [-0.39, 0.29) is 81.8 Å². The van der Waals surface area contributed by atoms with Crippen molar-refractivity contribution in [1.82, 2.24) is 69.7 Å². The highest BCUT2D eigenvalue weighted by Gasteiger charge is 2.30. The lowest BCUT2D eigenvalue weighted by Gasteiger charge is -2.17. The molecule has 404 valence electrons. The van der Waals surface area contributed by atoms with Crippen molar-refractivity contribution in [3.63, 3.8) is 0 Å². The fourth-order valence-corrected chi connectivity index (χ4v) is 6.73. The van der Waals surface area contributed by atoms with Crippen LogP contribution < -0.4 is 16.4 Å². The molecule has 0 amide bonds. The highest BCUT2D eigenvalue weighted by Crippen LogP contribution is 2.38. The lowest BCUT2D eigenvalue weighted by Crippen LogP contribution is -2.14. The van der Waals surface area contributed by atoms with Gasteiger partial charge >= 0.3 is 11.9 Å². The molecule has 6 aromatic heterocycles. The predicted molar refractivity (Wildman–Crippen MR) is 264 cm³/mol. The quantitative estimate of drug-likeness (QED) is 0.0581. The Morgan fingerprint density at radius 2 is 1.08 bits per heavy atom. The minimum absolute atomic E-state index is 0. The summed E-state index contributed by atoms with van der Waals surface area (Å²) in [5.74, 6) is -3.68. The summed E-state index contributed by atoms with van der Waals surface area (Å²) in [6, 6.07) is 7.98. The molecule has 0 spiro atoms. The van der Waals surface area contributed by atoms with Gasteiger partial charge in [-0.25, -0.2) is 51.1 Å². The van der Waals surface area contributed by atoms with Crippen molar-refractivity contribution in [3.05, 3.63) is 119 Å². The molecule has 0 saturated carbocycles. The second-order valence-corrected chi connectivity index (χ2v) is 18.7. The molecule has 0 aliphatic rings. The van der Waals surface area contributed by atoms with Crippen molar-refractivity contribution >= 4 is 47.7 Å². The zero-order valence-corrected chi connectivity index (χ0v) is 43.2. The van der Waals surface area contributed by atoms with Crippen molar-refractivity contribution in [3.8, 4) is 22.8 Å². The third-order valence-electron chi connectivity index (χ3n) is 10.5. The second kappa shape index (κ2) is 24.4. The van der Waals surface area contributed by atoms with Crippen LogP contribution in [0.15, 0.2) is 70.5 Å². The van der Waals surface area contributed by atoms with Crippen LogP contribution >= 0.6 is 12.4 Å². The lowest BCUT2D eigenvalue weighted by molar-refractivity contribution is 0.0643. The SMILES string of the molecule is CC(C)(C)c1noc(C(=O)O)n1.C[C@@H](CC(=O)c1nc(C(C)(C)C)no1)c1ccc(-c2ncnc(Nc3ccn(C)n3)n2)c(F)c1C(F)F.C[C@@H](N)c1ccc(-c2ncnc(Nc3ccn(C)n3)n2)c(F)c1C(F)F.Cl. The number of aromatic nitrogens is 14. The van der Waals surface area contributed by atoms with Crippen LogP contribution in [-0.2, 0) is 24.9 Å². The molecule has 5 N–H and O–H groups in total. The average molecular weight is 1080 g/mol. The van der Waals surface area contributed by atoms with Gasteiger partial charge in [-0.2, -0.15) is 30.1 Å². The predicted octanol–water partition coefficient (Wildman–Crippen LogP) is 9.75. The maximum absolute atomic E-state index is 15.4. The number of ketones is 1. The zero-order chi connectivity index (χ0) is 55.1. The number of halogens is 7. The molecule has 22 nitrogen and oxygen atoms in total. The Hall–Kier alpha value is -8.27. The number of carbonyl (C=O) groups excluding carboxylic acids is 1. The number of Topliss-reactive ketones (excluding diaryl/α,β-unsaturated/α-hetero) is 1. The minimum Gasteiger partial charge on any atom is -0.474 e. The van der Waals surface area contributed by atoms with Gasteiger partial charge in [-0.15, -0.1) is 12.4 Å². The molecule has 6 heterocycles.